The first kappa shape index (κ1) is 11.4. The van der Waals surface area contributed by atoms with Crippen LogP contribution in [0.25, 0.3) is 11.1 Å². The molecule has 0 heterocycles. The minimum atomic E-state index is -1.00. The topological polar surface area (TPSA) is 40.1 Å². The molecule has 0 saturated heterocycles. The lowest BCUT2D eigenvalue weighted by Crippen LogP contribution is -2.22. The minimum Gasteiger partial charge on any atom is -0.550 e. The fraction of sp³-hybridized carbons (Fsp3) is 0.133. The third-order valence-corrected chi connectivity index (χ3v) is 2.68. The maximum Gasteiger partial charge on any atom is 0.0417 e. The molecule has 0 N–H and O–H groups in total. The lowest BCUT2D eigenvalue weighted by atomic mass is 10.0. The quantitative estimate of drug-likeness (QED) is 0.798. The SMILES string of the molecule is O=C([O-])CCc1ccc(-c2ccccc2)cc1. The minimum absolute atomic E-state index is 0.0741. The van der Waals surface area contributed by atoms with Crippen LogP contribution in [0.4, 0.5) is 0 Å². The summed E-state index contributed by atoms with van der Waals surface area (Å²) in [5.74, 6) is -1.00. The van der Waals surface area contributed by atoms with Gasteiger partial charge in [0.15, 0.2) is 0 Å². The van der Waals surface area contributed by atoms with Crippen molar-refractivity contribution in [2.45, 2.75) is 12.8 Å². The molecule has 0 fully saturated rings. The molecule has 0 aliphatic rings. The Labute approximate surface area is 101 Å². The molecule has 2 nitrogen and oxygen atoms in total. The average Bonchev–Trinajstić information content (AvgIpc) is 2.38. The lowest BCUT2D eigenvalue weighted by Gasteiger charge is -2.05. The predicted octanol–water partition coefficient (Wildman–Crippen LogP) is 2.04. The smallest absolute Gasteiger partial charge is 0.0417 e. The number of carbonyl (C=O) groups excluding carboxylic acids is 1. The number of hydrogen-bond donors (Lipinski definition) is 0. The number of hydrogen-bond acceptors (Lipinski definition) is 2. The van der Waals surface area contributed by atoms with E-state index in [1.807, 2.05) is 42.5 Å². The normalized spacial score (nSPS) is 10.1. The Morgan fingerprint density at radius 3 is 2.06 bits per heavy atom. The number of aryl methyl sites for hydroxylation is 1. The molecule has 17 heavy (non-hydrogen) atoms. The van der Waals surface area contributed by atoms with Crippen LogP contribution in [-0.4, -0.2) is 5.97 Å². The van der Waals surface area contributed by atoms with Gasteiger partial charge in [-0.25, -0.2) is 0 Å². The Morgan fingerprint density at radius 1 is 0.882 bits per heavy atom. The van der Waals surface area contributed by atoms with Crippen molar-refractivity contribution < 1.29 is 9.90 Å². The summed E-state index contributed by atoms with van der Waals surface area (Å²) in [4.78, 5) is 10.3. The molecule has 0 radical (unpaired) electrons. The van der Waals surface area contributed by atoms with E-state index in [0.717, 1.165) is 11.1 Å². The van der Waals surface area contributed by atoms with Gasteiger partial charge >= 0.3 is 0 Å². The molecule has 0 unspecified atom stereocenters. The second kappa shape index (κ2) is 5.30. The predicted molar refractivity (Wildman–Crippen MR) is 65.2 cm³/mol. The van der Waals surface area contributed by atoms with Crippen LogP contribution in [0, 0.1) is 0 Å². The van der Waals surface area contributed by atoms with Gasteiger partial charge in [0.2, 0.25) is 0 Å². The van der Waals surface area contributed by atoms with Gasteiger partial charge in [-0.2, -0.15) is 0 Å². The molecule has 0 saturated carbocycles. The highest BCUT2D eigenvalue weighted by Gasteiger charge is 1.97. The number of carboxylic acid groups (broad SMARTS) is 1. The van der Waals surface area contributed by atoms with E-state index in [4.69, 9.17) is 0 Å². The van der Waals surface area contributed by atoms with Crippen molar-refractivity contribution >= 4 is 5.97 Å². The Balaban J connectivity index is 2.11. The molecule has 2 aromatic carbocycles. The van der Waals surface area contributed by atoms with Crippen LogP contribution >= 0.6 is 0 Å². The van der Waals surface area contributed by atoms with Crippen molar-refractivity contribution in [1.29, 1.82) is 0 Å². The molecular weight excluding hydrogens is 212 g/mol. The van der Waals surface area contributed by atoms with Gasteiger partial charge in [0.05, 0.1) is 0 Å². The van der Waals surface area contributed by atoms with Gasteiger partial charge in [0.25, 0.3) is 0 Å². The summed E-state index contributed by atoms with van der Waals surface area (Å²) in [5, 5.41) is 10.3. The number of carboxylic acids is 1. The molecule has 0 spiro atoms. The Kier molecular flexibility index (Phi) is 3.55. The summed E-state index contributed by atoms with van der Waals surface area (Å²) in [6, 6.07) is 18.0. The number of carbonyl (C=O) groups is 1. The number of aliphatic carboxylic acids is 1. The Hall–Kier alpha value is -2.09. The maximum atomic E-state index is 10.3. The van der Waals surface area contributed by atoms with Crippen LogP contribution in [0.1, 0.15) is 12.0 Å². The van der Waals surface area contributed by atoms with Crippen LogP contribution in [0.15, 0.2) is 54.6 Å². The third-order valence-electron chi connectivity index (χ3n) is 2.68. The van der Waals surface area contributed by atoms with Gasteiger partial charge in [0.1, 0.15) is 0 Å². The summed E-state index contributed by atoms with van der Waals surface area (Å²) in [5.41, 5.74) is 3.33. The second-order valence-corrected chi connectivity index (χ2v) is 3.93. The molecule has 2 aromatic rings. The molecule has 0 atom stereocenters. The van der Waals surface area contributed by atoms with E-state index < -0.39 is 5.97 Å². The monoisotopic (exact) mass is 225 g/mol. The molecule has 0 aliphatic heterocycles. The highest BCUT2D eigenvalue weighted by molar-refractivity contribution is 5.65. The van der Waals surface area contributed by atoms with E-state index in [-0.39, 0.29) is 6.42 Å². The first-order valence-corrected chi connectivity index (χ1v) is 5.60. The molecule has 2 heteroatoms. The summed E-state index contributed by atoms with van der Waals surface area (Å²) in [7, 11) is 0. The van der Waals surface area contributed by atoms with Crippen molar-refractivity contribution in [2.24, 2.45) is 0 Å². The standard InChI is InChI=1S/C15H14O2/c16-15(17)11-8-12-6-9-14(10-7-12)13-4-2-1-3-5-13/h1-7,9-10H,8,11H2,(H,16,17)/p-1. The van der Waals surface area contributed by atoms with Crippen LogP contribution in [0.3, 0.4) is 0 Å². The summed E-state index contributed by atoms with van der Waals surface area (Å²) < 4.78 is 0. The van der Waals surface area contributed by atoms with Crippen LogP contribution in [0.2, 0.25) is 0 Å². The summed E-state index contributed by atoms with van der Waals surface area (Å²) in [6.45, 7) is 0. The van der Waals surface area contributed by atoms with Crippen molar-refractivity contribution in [2.75, 3.05) is 0 Å². The Bertz CT molecular complexity index is 486. The van der Waals surface area contributed by atoms with E-state index in [1.165, 1.54) is 5.56 Å². The van der Waals surface area contributed by atoms with Gasteiger partial charge in [-0.05, 0) is 29.5 Å². The summed E-state index contributed by atoms with van der Waals surface area (Å²) >= 11 is 0. The van der Waals surface area contributed by atoms with Gasteiger partial charge in [-0.3, -0.25) is 0 Å². The van der Waals surface area contributed by atoms with Crippen molar-refractivity contribution in [3.8, 4) is 11.1 Å². The van der Waals surface area contributed by atoms with Crippen molar-refractivity contribution in [1.82, 2.24) is 0 Å². The molecule has 2 rings (SSSR count). The molecule has 0 bridgehead atoms. The van der Waals surface area contributed by atoms with Gasteiger partial charge in [-0.15, -0.1) is 0 Å². The lowest BCUT2D eigenvalue weighted by molar-refractivity contribution is -0.305. The van der Waals surface area contributed by atoms with Crippen molar-refractivity contribution in [3.63, 3.8) is 0 Å². The van der Waals surface area contributed by atoms with Crippen molar-refractivity contribution in [3.05, 3.63) is 60.2 Å². The zero-order valence-corrected chi connectivity index (χ0v) is 9.43. The highest BCUT2D eigenvalue weighted by Crippen LogP contribution is 2.19. The number of rotatable bonds is 4. The largest absolute Gasteiger partial charge is 0.550 e. The first-order chi connectivity index (χ1) is 8.25. The average molecular weight is 225 g/mol. The zero-order chi connectivity index (χ0) is 12.1. The Morgan fingerprint density at radius 2 is 1.47 bits per heavy atom. The van der Waals surface area contributed by atoms with E-state index in [9.17, 15) is 9.90 Å². The molecule has 0 aromatic heterocycles. The van der Waals surface area contributed by atoms with E-state index in [0.29, 0.717) is 6.42 Å². The maximum absolute atomic E-state index is 10.3. The molecule has 0 aliphatic carbocycles. The van der Waals surface area contributed by atoms with E-state index in [1.54, 1.807) is 0 Å². The second-order valence-electron chi connectivity index (χ2n) is 3.93. The van der Waals surface area contributed by atoms with E-state index >= 15 is 0 Å². The van der Waals surface area contributed by atoms with Crippen LogP contribution < -0.4 is 5.11 Å². The van der Waals surface area contributed by atoms with Gasteiger partial charge in [-0.1, -0.05) is 54.6 Å². The fourth-order valence-corrected chi connectivity index (χ4v) is 1.74. The van der Waals surface area contributed by atoms with Crippen LogP contribution in [0.5, 0.6) is 0 Å². The highest BCUT2D eigenvalue weighted by atomic mass is 16.4. The van der Waals surface area contributed by atoms with E-state index in [2.05, 4.69) is 12.1 Å². The van der Waals surface area contributed by atoms with Crippen LogP contribution in [-0.2, 0) is 11.2 Å². The molecule has 86 valence electrons. The van der Waals surface area contributed by atoms with Gasteiger partial charge < -0.3 is 9.90 Å². The fourth-order valence-electron chi connectivity index (χ4n) is 1.74. The summed E-state index contributed by atoms with van der Waals surface area (Å²) in [6.07, 6.45) is 0.599. The zero-order valence-electron chi connectivity index (χ0n) is 9.43. The number of benzene rings is 2. The molecular formula is C15H13O2-. The third kappa shape index (κ3) is 3.18. The molecule has 0 amide bonds. The van der Waals surface area contributed by atoms with Gasteiger partial charge in [0, 0.05) is 5.97 Å². The first-order valence-electron chi connectivity index (χ1n) is 5.60.